The summed E-state index contributed by atoms with van der Waals surface area (Å²) in [7, 11) is 0. The van der Waals surface area contributed by atoms with Crippen LogP contribution in [-0.4, -0.2) is 4.83 Å². The van der Waals surface area contributed by atoms with Crippen LogP contribution in [0.5, 0.6) is 0 Å². The Bertz CT molecular complexity index is 145. The Morgan fingerprint density at radius 1 is 1.45 bits per heavy atom. The average Bonchev–Trinajstić information content (AvgIpc) is 2.37. The van der Waals surface area contributed by atoms with Crippen LogP contribution in [-0.2, 0) is 0 Å². The molecular formula is C10H15Br. The largest absolute Gasteiger partial charge is 0.120 e. The second-order valence-electron chi connectivity index (χ2n) is 3.37. The molecule has 0 amide bonds. The normalized spacial score (nSPS) is 30.2. The lowest BCUT2D eigenvalue weighted by Gasteiger charge is -2.06. The molecule has 0 spiro atoms. The monoisotopic (exact) mass is 214 g/mol. The second kappa shape index (κ2) is 4.83. The van der Waals surface area contributed by atoms with Gasteiger partial charge in [-0.25, -0.2) is 0 Å². The molecule has 0 bridgehead atoms. The molecule has 11 heavy (non-hydrogen) atoms. The van der Waals surface area contributed by atoms with Gasteiger partial charge in [0, 0.05) is 11.2 Å². The van der Waals surface area contributed by atoms with E-state index >= 15 is 0 Å². The molecule has 1 saturated carbocycles. The summed E-state index contributed by atoms with van der Waals surface area (Å²) < 4.78 is 0. The molecule has 0 aromatic heterocycles. The highest BCUT2D eigenvalue weighted by atomic mass is 79.9. The number of rotatable bonds is 3. The Balaban J connectivity index is 2.05. The minimum absolute atomic E-state index is 0.790. The van der Waals surface area contributed by atoms with Crippen molar-refractivity contribution < 1.29 is 0 Å². The van der Waals surface area contributed by atoms with Crippen LogP contribution in [0.4, 0.5) is 0 Å². The molecule has 0 aromatic rings. The fourth-order valence-electron chi connectivity index (χ4n) is 1.77. The standard InChI is InChI=1S/C10H15Br/c1-2-3-4-5-9-6-7-10(11)8-9/h1,9-10H,3-8H2. The van der Waals surface area contributed by atoms with E-state index in [1.54, 1.807) is 0 Å². The van der Waals surface area contributed by atoms with Gasteiger partial charge in [0.1, 0.15) is 0 Å². The summed E-state index contributed by atoms with van der Waals surface area (Å²) in [6.45, 7) is 0. The van der Waals surface area contributed by atoms with E-state index in [-0.39, 0.29) is 0 Å². The molecule has 1 fully saturated rings. The van der Waals surface area contributed by atoms with Gasteiger partial charge in [-0.1, -0.05) is 15.9 Å². The molecule has 1 rings (SSSR count). The van der Waals surface area contributed by atoms with Crippen molar-refractivity contribution in [1.82, 2.24) is 0 Å². The first kappa shape index (κ1) is 9.13. The van der Waals surface area contributed by atoms with E-state index < -0.39 is 0 Å². The first-order valence-electron chi connectivity index (χ1n) is 4.40. The van der Waals surface area contributed by atoms with Gasteiger partial charge in [0.2, 0.25) is 0 Å². The molecule has 0 radical (unpaired) electrons. The van der Waals surface area contributed by atoms with Crippen LogP contribution in [0.1, 0.15) is 38.5 Å². The van der Waals surface area contributed by atoms with Gasteiger partial charge in [-0.3, -0.25) is 0 Å². The van der Waals surface area contributed by atoms with Crippen molar-refractivity contribution >= 4 is 15.9 Å². The van der Waals surface area contributed by atoms with E-state index in [4.69, 9.17) is 6.42 Å². The average molecular weight is 215 g/mol. The molecule has 0 N–H and O–H groups in total. The van der Waals surface area contributed by atoms with Crippen LogP contribution < -0.4 is 0 Å². The summed E-state index contributed by atoms with van der Waals surface area (Å²) in [5.41, 5.74) is 0. The lowest BCUT2D eigenvalue weighted by atomic mass is 10.0. The van der Waals surface area contributed by atoms with Crippen LogP contribution in [0.2, 0.25) is 0 Å². The van der Waals surface area contributed by atoms with Crippen molar-refractivity contribution in [2.45, 2.75) is 43.4 Å². The number of halogens is 1. The summed E-state index contributed by atoms with van der Waals surface area (Å²) in [4.78, 5) is 0.790. The highest BCUT2D eigenvalue weighted by molar-refractivity contribution is 9.09. The Morgan fingerprint density at radius 2 is 2.27 bits per heavy atom. The maximum absolute atomic E-state index is 5.18. The van der Waals surface area contributed by atoms with Crippen LogP contribution in [0.3, 0.4) is 0 Å². The summed E-state index contributed by atoms with van der Waals surface area (Å²) in [5, 5.41) is 0. The molecule has 2 atom stereocenters. The minimum Gasteiger partial charge on any atom is -0.120 e. The summed E-state index contributed by atoms with van der Waals surface area (Å²) in [6.07, 6.45) is 12.8. The van der Waals surface area contributed by atoms with E-state index in [2.05, 4.69) is 21.9 Å². The third-order valence-electron chi connectivity index (χ3n) is 2.41. The number of hydrogen-bond donors (Lipinski definition) is 0. The van der Waals surface area contributed by atoms with E-state index in [1.807, 2.05) is 0 Å². The fraction of sp³-hybridized carbons (Fsp3) is 0.800. The van der Waals surface area contributed by atoms with Crippen LogP contribution in [0.25, 0.3) is 0 Å². The van der Waals surface area contributed by atoms with Crippen LogP contribution >= 0.6 is 15.9 Å². The van der Waals surface area contributed by atoms with Crippen LogP contribution in [0.15, 0.2) is 0 Å². The van der Waals surface area contributed by atoms with Gasteiger partial charge in [-0.15, -0.1) is 12.3 Å². The van der Waals surface area contributed by atoms with E-state index in [1.165, 1.54) is 32.1 Å². The second-order valence-corrected chi connectivity index (χ2v) is 4.67. The molecule has 0 heterocycles. The number of unbranched alkanes of at least 4 members (excludes halogenated alkanes) is 1. The molecule has 0 aliphatic heterocycles. The Morgan fingerprint density at radius 3 is 2.82 bits per heavy atom. The van der Waals surface area contributed by atoms with Crippen molar-refractivity contribution in [2.75, 3.05) is 0 Å². The zero-order valence-electron chi connectivity index (χ0n) is 6.85. The highest BCUT2D eigenvalue weighted by Gasteiger charge is 2.21. The van der Waals surface area contributed by atoms with Gasteiger partial charge >= 0.3 is 0 Å². The van der Waals surface area contributed by atoms with Gasteiger partial charge in [0.25, 0.3) is 0 Å². The lowest BCUT2D eigenvalue weighted by Crippen LogP contribution is -1.94. The molecular weight excluding hydrogens is 200 g/mol. The Kier molecular flexibility index (Phi) is 4.01. The first-order chi connectivity index (χ1) is 5.33. The smallest absolute Gasteiger partial charge is 0.0148 e. The highest BCUT2D eigenvalue weighted by Crippen LogP contribution is 2.33. The Labute approximate surface area is 77.9 Å². The lowest BCUT2D eigenvalue weighted by molar-refractivity contribution is 0.489. The maximum atomic E-state index is 5.18. The van der Waals surface area contributed by atoms with Gasteiger partial charge in [-0.05, 0) is 38.0 Å². The predicted molar refractivity (Wildman–Crippen MR) is 52.7 cm³/mol. The number of alkyl halides is 1. The summed E-state index contributed by atoms with van der Waals surface area (Å²) >= 11 is 3.65. The zero-order valence-corrected chi connectivity index (χ0v) is 8.44. The summed E-state index contributed by atoms with van der Waals surface area (Å²) in [5.74, 6) is 3.64. The molecule has 62 valence electrons. The van der Waals surface area contributed by atoms with Crippen molar-refractivity contribution in [3.8, 4) is 12.3 Å². The maximum Gasteiger partial charge on any atom is 0.0148 e. The zero-order chi connectivity index (χ0) is 8.10. The van der Waals surface area contributed by atoms with Crippen molar-refractivity contribution in [2.24, 2.45) is 5.92 Å². The summed E-state index contributed by atoms with van der Waals surface area (Å²) in [6, 6.07) is 0. The van der Waals surface area contributed by atoms with Crippen molar-refractivity contribution in [3.63, 3.8) is 0 Å². The third kappa shape index (κ3) is 3.29. The third-order valence-corrected chi connectivity index (χ3v) is 3.24. The fourth-order valence-corrected chi connectivity index (χ4v) is 2.56. The minimum atomic E-state index is 0.790. The predicted octanol–water partition coefficient (Wildman–Crippen LogP) is 3.35. The molecule has 2 unspecified atom stereocenters. The SMILES string of the molecule is C#CCCCC1CCC(Br)C1. The molecule has 0 nitrogen and oxygen atoms in total. The van der Waals surface area contributed by atoms with Gasteiger partial charge in [0.15, 0.2) is 0 Å². The quantitative estimate of drug-likeness (QED) is 0.384. The molecule has 0 aromatic carbocycles. The van der Waals surface area contributed by atoms with E-state index in [0.717, 1.165) is 17.2 Å². The van der Waals surface area contributed by atoms with Gasteiger partial charge in [-0.2, -0.15) is 0 Å². The molecule has 1 aliphatic carbocycles. The first-order valence-corrected chi connectivity index (χ1v) is 5.32. The Hall–Kier alpha value is 0.0400. The molecule has 0 saturated heterocycles. The van der Waals surface area contributed by atoms with E-state index in [0.29, 0.717) is 0 Å². The van der Waals surface area contributed by atoms with Crippen molar-refractivity contribution in [1.29, 1.82) is 0 Å². The topological polar surface area (TPSA) is 0 Å². The molecule has 1 heteroatoms. The van der Waals surface area contributed by atoms with Crippen LogP contribution in [0, 0.1) is 18.3 Å². The van der Waals surface area contributed by atoms with Crippen molar-refractivity contribution in [3.05, 3.63) is 0 Å². The van der Waals surface area contributed by atoms with Gasteiger partial charge in [0.05, 0.1) is 0 Å². The van der Waals surface area contributed by atoms with Gasteiger partial charge < -0.3 is 0 Å². The number of hydrogen-bond acceptors (Lipinski definition) is 0. The van der Waals surface area contributed by atoms with E-state index in [9.17, 15) is 0 Å². The number of terminal acetylenes is 1. The molecule has 1 aliphatic rings.